The van der Waals surface area contributed by atoms with Gasteiger partial charge in [0.05, 0.1) is 9.95 Å². The molecule has 3 heteroatoms. The highest BCUT2D eigenvalue weighted by molar-refractivity contribution is 8.22. The van der Waals surface area contributed by atoms with Gasteiger partial charge in [0.15, 0.2) is 0 Å². The van der Waals surface area contributed by atoms with Gasteiger partial charge in [-0.2, -0.15) is 0 Å². The zero-order valence-corrected chi connectivity index (χ0v) is 22.3. The number of nitrogens with zero attached hydrogens (tertiary/aromatic N) is 1. The molecule has 0 heterocycles. The van der Waals surface area contributed by atoms with E-state index in [4.69, 9.17) is 4.99 Å². The van der Waals surface area contributed by atoms with Crippen molar-refractivity contribution >= 4 is 50.8 Å². The van der Waals surface area contributed by atoms with Gasteiger partial charge in [0.2, 0.25) is 0 Å². The Kier molecular flexibility index (Phi) is 7.39. The maximum absolute atomic E-state index is 5.09. The van der Waals surface area contributed by atoms with Crippen molar-refractivity contribution in [2.45, 2.75) is 9.79 Å². The van der Waals surface area contributed by atoms with Gasteiger partial charge in [-0.15, -0.1) is 0 Å². The second kappa shape index (κ2) is 11.6. The van der Waals surface area contributed by atoms with Crippen LogP contribution in [0, 0.1) is 0 Å². The molecule has 1 nitrogen and oxygen atoms in total. The number of hydrogen-bond donors (Lipinski definition) is 0. The lowest BCUT2D eigenvalue weighted by Gasteiger charge is -2.10. The highest BCUT2D eigenvalue weighted by atomic mass is 32.2. The standard InChI is InChI=1S/C35H25NS2/c1-3-13-28(14-4-1)35(29-15-5-2-6-16-29)36-25-34(37-32-21-19-26-11-7-9-17-30(26)23-32)38-33-22-20-27-12-8-10-18-31(27)24-33/h1-25H. The minimum atomic E-state index is 0.960. The molecule has 6 aromatic carbocycles. The van der Waals surface area contributed by atoms with E-state index in [9.17, 15) is 0 Å². The van der Waals surface area contributed by atoms with E-state index in [-0.39, 0.29) is 0 Å². The van der Waals surface area contributed by atoms with E-state index in [2.05, 4.69) is 133 Å². The van der Waals surface area contributed by atoms with Crippen LogP contribution in [0.1, 0.15) is 11.1 Å². The van der Waals surface area contributed by atoms with Crippen molar-refractivity contribution in [1.29, 1.82) is 0 Å². The van der Waals surface area contributed by atoms with Crippen LogP contribution in [0.5, 0.6) is 0 Å². The van der Waals surface area contributed by atoms with Gasteiger partial charge in [0.25, 0.3) is 0 Å². The molecule has 38 heavy (non-hydrogen) atoms. The van der Waals surface area contributed by atoms with E-state index >= 15 is 0 Å². The minimum absolute atomic E-state index is 0.960. The molecule has 0 saturated heterocycles. The zero-order chi connectivity index (χ0) is 25.6. The van der Waals surface area contributed by atoms with Crippen molar-refractivity contribution in [3.8, 4) is 0 Å². The summed E-state index contributed by atoms with van der Waals surface area (Å²) in [5, 5.41) is 4.98. The number of benzene rings is 6. The fourth-order valence-electron chi connectivity index (χ4n) is 4.39. The monoisotopic (exact) mass is 523 g/mol. The van der Waals surface area contributed by atoms with Gasteiger partial charge in [-0.25, -0.2) is 0 Å². The third kappa shape index (κ3) is 5.75. The van der Waals surface area contributed by atoms with E-state index < -0.39 is 0 Å². The normalized spacial score (nSPS) is 10.8. The molecule has 0 aliphatic carbocycles. The molecule has 0 N–H and O–H groups in total. The second-order valence-electron chi connectivity index (χ2n) is 8.88. The molecule has 0 aliphatic heterocycles. The summed E-state index contributed by atoms with van der Waals surface area (Å²) in [6.07, 6.45) is 2.02. The molecular weight excluding hydrogens is 499 g/mol. The van der Waals surface area contributed by atoms with Crippen LogP contribution >= 0.6 is 23.5 Å². The van der Waals surface area contributed by atoms with Crippen LogP contribution in [0.2, 0.25) is 0 Å². The molecule has 0 spiro atoms. The number of fused-ring (bicyclic) bond motifs is 2. The van der Waals surface area contributed by atoms with Gasteiger partial charge in [-0.05, 0) is 45.8 Å². The van der Waals surface area contributed by atoms with Crippen molar-refractivity contribution in [2.24, 2.45) is 4.99 Å². The summed E-state index contributed by atoms with van der Waals surface area (Å²) in [5.74, 6) is 0. The molecule has 0 aromatic heterocycles. The molecule has 6 rings (SSSR count). The topological polar surface area (TPSA) is 12.4 Å². The van der Waals surface area contributed by atoms with E-state index in [0.717, 1.165) is 21.1 Å². The first kappa shape index (κ1) is 24.3. The molecule has 0 unspecified atom stereocenters. The van der Waals surface area contributed by atoms with Gasteiger partial charge < -0.3 is 0 Å². The van der Waals surface area contributed by atoms with E-state index in [0.29, 0.717) is 0 Å². The summed E-state index contributed by atoms with van der Waals surface area (Å²) in [6, 6.07) is 51.1. The Balaban J connectivity index is 1.41. The average Bonchev–Trinajstić information content (AvgIpc) is 2.98. The quantitative estimate of drug-likeness (QED) is 0.152. The highest BCUT2D eigenvalue weighted by Crippen LogP contribution is 2.41. The Labute approximate surface area is 232 Å². The summed E-state index contributed by atoms with van der Waals surface area (Å²) in [5.41, 5.74) is 3.16. The van der Waals surface area contributed by atoms with Gasteiger partial charge in [-0.3, -0.25) is 4.99 Å². The van der Waals surface area contributed by atoms with E-state index in [1.807, 2.05) is 18.3 Å². The Morgan fingerprint density at radius 3 is 1.34 bits per heavy atom. The Morgan fingerprint density at radius 2 is 0.868 bits per heavy atom. The third-order valence-electron chi connectivity index (χ3n) is 6.27. The lowest BCUT2D eigenvalue weighted by molar-refractivity contribution is 1.48. The van der Waals surface area contributed by atoms with Crippen LogP contribution in [0.4, 0.5) is 0 Å². The van der Waals surface area contributed by atoms with Crippen molar-refractivity contribution in [3.05, 3.63) is 167 Å². The predicted molar refractivity (Wildman–Crippen MR) is 166 cm³/mol. The molecule has 0 fully saturated rings. The van der Waals surface area contributed by atoms with Crippen LogP contribution in [-0.4, -0.2) is 5.71 Å². The zero-order valence-electron chi connectivity index (χ0n) is 20.7. The lowest BCUT2D eigenvalue weighted by atomic mass is 10.0. The lowest BCUT2D eigenvalue weighted by Crippen LogP contribution is -2.02. The summed E-state index contributed by atoms with van der Waals surface area (Å²) in [7, 11) is 0. The Hall–Kier alpha value is -4.05. The fourth-order valence-corrected chi connectivity index (χ4v) is 6.46. The molecule has 0 amide bonds. The number of thioether (sulfide) groups is 2. The Morgan fingerprint density at radius 1 is 0.447 bits per heavy atom. The van der Waals surface area contributed by atoms with Gasteiger partial charge in [0, 0.05) is 27.1 Å². The first-order valence-corrected chi connectivity index (χ1v) is 14.2. The average molecular weight is 524 g/mol. The summed E-state index contributed by atoms with van der Waals surface area (Å²) in [6.45, 7) is 0. The smallest absolute Gasteiger partial charge is 0.0774 e. The molecule has 6 aromatic rings. The number of rotatable bonds is 7. The highest BCUT2D eigenvalue weighted by Gasteiger charge is 2.09. The molecule has 182 valence electrons. The molecule has 0 bridgehead atoms. The summed E-state index contributed by atoms with van der Waals surface area (Å²) in [4.78, 5) is 7.48. The van der Waals surface area contributed by atoms with Crippen molar-refractivity contribution in [2.75, 3.05) is 0 Å². The maximum atomic E-state index is 5.09. The van der Waals surface area contributed by atoms with E-state index in [1.165, 1.54) is 31.3 Å². The second-order valence-corrected chi connectivity index (χ2v) is 11.4. The maximum Gasteiger partial charge on any atom is 0.0774 e. The largest absolute Gasteiger partial charge is 0.254 e. The van der Waals surface area contributed by atoms with Crippen molar-refractivity contribution < 1.29 is 0 Å². The van der Waals surface area contributed by atoms with Crippen LogP contribution in [0.3, 0.4) is 0 Å². The molecular formula is C35H25NS2. The van der Waals surface area contributed by atoms with Crippen molar-refractivity contribution in [1.82, 2.24) is 0 Å². The summed E-state index contributed by atoms with van der Waals surface area (Å²) >= 11 is 3.51. The number of hydrogen-bond acceptors (Lipinski definition) is 3. The van der Waals surface area contributed by atoms with Gasteiger partial charge >= 0.3 is 0 Å². The molecule has 0 saturated carbocycles. The van der Waals surface area contributed by atoms with Crippen LogP contribution in [0.25, 0.3) is 21.5 Å². The van der Waals surface area contributed by atoms with Crippen molar-refractivity contribution in [3.63, 3.8) is 0 Å². The minimum Gasteiger partial charge on any atom is -0.254 e. The van der Waals surface area contributed by atoms with Crippen LogP contribution < -0.4 is 0 Å². The van der Waals surface area contributed by atoms with E-state index in [1.54, 1.807) is 23.5 Å². The molecule has 0 aliphatic rings. The van der Waals surface area contributed by atoms with Crippen LogP contribution in [-0.2, 0) is 0 Å². The molecule has 0 radical (unpaired) electrons. The van der Waals surface area contributed by atoms with Gasteiger partial charge in [0.1, 0.15) is 0 Å². The summed E-state index contributed by atoms with van der Waals surface area (Å²) < 4.78 is 1.11. The van der Waals surface area contributed by atoms with Gasteiger partial charge in [-0.1, -0.05) is 145 Å². The fraction of sp³-hybridized carbons (Fsp3) is 0. The Bertz CT molecular complexity index is 1630. The SMILES string of the molecule is C(N=C(c1ccccc1)c1ccccc1)=C(Sc1ccc2ccccc2c1)Sc1ccc2ccccc2c1. The van der Waals surface area contributed by atoms with Crippen LogP contribution in [0.15, 0.2) is 171 Å². The number of aliphatic imine (C=N–C) groups is 1. The first-order valence-electron chi connectivity index (χ1n) is 12.5. The predicted octanol–water partition coefficient (Wildman–Crippen LogP) is 10.2. The first-order chi connectivity index (χ1) is 18.8. The molecule has 0 atom stereocenters. The third-order valence-corrected chi connectivity index (χ3v) is 8.36.